The fourth-order valence-electron chi connectivity index (χ4n) is 10.1. The Kier molecular flexibility index (Phi) is 14.2. The monoisotopic (exact) mass is 1140 g/mol. The molecule has 0 aromatic rings. The quantitative estimate of drug-likeness (QED) is 0.0630. The van der Waals surface area contributed by atoms with Gasteiger partial charge >= 0.3 is 53.7 Å². The highest BCUT2D eigenvalue weighted by Gasteiger charge is 2.59. The molecule has 0 aromatic carbocycles. The van der Waals surface area contributed by atoms with Gasteiger partial charge in [-0.15, -0.1) is 0 Å². The molecular formula is C58H56O24. The van der Waals surface area contributed by atoms with E-state index in [0.717, 1.165) is 31.8 Å². The molecule has 1 atom stereocenters. The number of esters is 9. The van der Waals surface area contributed by atoms with Crippen molar-refractivity contribution >= 4 is 53.7 Å². The average molecular weight is 1140 g/mol. The largest absolute Gasteiger partial charge is 0.480 e. The van der Waals surface area contributed by atoms with Crippen LogP contribution in [0.15, 0.2) is 141 Å². The Morgan fingerprint density at radius 2 is 0.585 bits per heavy atom. The number of allylic oxidation sites excluding steroid dienone is 12. The molecule has 0 radical (unpaired) electrons. The van der Waals surface area contributed by atoms with E-state index in [9.17, 15) is 58.5 Å². The summed E-state index contributed by atoms with van der Waals surface area (Å²) in [6.45, 7) is 7.89. The van der Waals surface area contributed by atoms with Crippen LogP contribution in [0.5, 0.6) is 0 Å². The molecule has 24 heteroatoms. The first-order chi connectivity index (χ1) is 38.7. The molecule has 10 rings (SSSR count). The van der Waals surface area contributed by atoms with Gasteiger partial charge in [-0.05, 0) is 82.9 Å². The van der Waals surface area contributed by atoms with Gasteiger partial charge in [0.15, 0.2) is 0 Å². The van der Waals surface area contributed by atoms with Crippen molar-refractivity contribution in [1.82, 2.24) is 0 Å². The molecule has 0 aromatic heterocycles. The van der Waals surface area contributed by atoms with Crippen molar-refractivity contribution in [1.29, 1.82) is 0 Å². The van der Waals surface area contributed by atoms with E-state index >= 15 is 0 Å². The highest BCUT2D eigenvalue weighted by atomic mass is 16.8. The van der Waals surface area contributed by atoms with Crippen LogP contribution in [0.3, 0.4) is 0 Å². The first kappa shape index (κ1) is 56.2. The van der Waals surface area contributed by atoms with Gasteiger partial charge < -0.3 is 72.2 Å². The van der Waals surface area contributed by atoms with Crippen LogP contribution in [0, 0.1) is 11.8 Å². The normalized spacial score (nSPS) is 33.0. The Labute approximate surface area is 466 Å². The van der Waals surface area contributed by atoms with Gasteiger partial charge in [-0.2, -0.15) is 0 Å². The molecule has 432 valence electrons. The predicted molar refractivity (Wildman–Crippen MR) is 270 cm³/mol. The van der Waals surface area contributed by atoms with E-state index in [1.807, 2.05) is 0 Å². The second kappa shape index (κ2) is 20.8. The maximum atomic E-state index is 13.3. The number of carbonyl (C=O) groups is 9. The zero-order chi connectivity index (χ0) is 58.7. The SMILES string of the molecule is CC(C=CC1=C(O)OC2(CCC3(CC2)OC(=O)C(=CC=C(C)C=CC2=C(O)OC(C)(C4CC4)OC2=O)C(=O)O3)OC1=O)=CC=C1C(=O)OC2(CCC3(CC2)OC(=O)C(C=CC(C)=CC=C2C(=O)OC(C)(C4CC4)OC2=O)=C(O)O3)OC1=O. The summed E-state index contributed by atoms with van der Waals surface area (Å²) in [7, 11) is 0. The Bertz CT molecular complexity index is 3220. The van der Waals surface area contributed by atoms with E-state index in [1.165, 1.54) is 66.8 Å². The van der Waals surface area contributed by atoms with Crippen LogP contribution in [0.4, 0.5) is 0 Å². The first-order valence-electron chi connectivity index (χ1n) is 26.4. The van der Waals surface area contributed by atoms with Crippen LogP contribution in [-0.2, 0) is 100.0 Å². The van der Waals surface area contributed by atoms with Crippen LogP contribution in [0.25, 0.3) is 0 Å². The molecule has 4 aliphatic carbocycles. The van der Waals surface area contributed by atoms with Crippen molar-refractivity contribution in [3.8, 4) is 0 Å². The third-order valence-electron chi connectivity index (χ3n) is 15.4. The van der Waals surface area contributed by atoms with Gasteiger partial charge in [0, 0.05) is 77.0 Å². The molecule has 82 heavy (non-hydrogen) atoms. The second-order valence-electron chi connectivity index (χ2n) is 21.7. The fraction of sp³-hybridized carbons (Fsp3) is 0.431. The number of aliphatic hydroxyl groups excluding tert-OH is 3. The molecule has 24 nitrogen and oxygen atoms in total. The van der Waals surface area contributed by atoms with Crippen molar-refractivity contribution in [3.63, 3.8) is 0 Å². The van der Waals surface area contributed by atoms with E-state index in [4.69, 9.17) is 56.8 Å². The van der Waals surface area contributed by atoms with Crippen LogP contribution in [0.1, 0.15) is 112 Å². The first-order valence-corrected chi connectivity index (χ1v) is 26.4. The van der Waals surface area contributed by atoms with Crippen molar-refractivity contribution < 1.29 is 115 Å². The standard InChI is InChI=1S/C58H56O24/c1-30(6-16-35-41(59)71-53(4,33-12-13-33)72-42(35)60)8-18-37-45(63)75-55(76-46(37)64)22-26-57(27-23-55)79-49(67)39(50(68)80-57)20-10-32(3)11-21-40-51(69)81-58(82-52(40)70)28-24-56(25-29-58)77-47(65)38(48(66)78-56)19-9-31(2)7-17-36-43(61)73-54(5,34-14-15-34)74-44(36)62/h6-11,16-21,33-34,59,65,67H,12-15,22-29H2,1-5H3. The highest BCUT2D eigenvalue weighted by molar-refractivity contribution is 6.17. The van der Waals surface area contributed by atoms with Crippen molar-refractivity contribution in [2.75, 3.05) is 0 Å². The Morgan fingerprint density at radius 1 is 0.354 bits per heavy atom. The summed E-state index contributed by atoms with van der Waals surface area (Å²) in [4.78, 5) is 117. The maximum absolute atomic E-state index is 13.3. The summed E-state index contributed by atoms with van der Waals surface area (Å²) >= 11 is 0. The number of rotatable bonds is 11. The molecule has 6 heterocycles. The summed E-state index contributed by atoms with van der Waals surface area (Å²) < 4.78 is 66.7. The van der Waals surface area contributed by atoms with Gasteiger partial charge in [-0.25, -0.2) is 43.2 Å². The molecule has 4 saturated carbocycles. The van der Waals surface area contributed by atoms with Gasteiger partial charge in [0.05, 0.1) is 0 Å². The zero-order valence-electron chi connectivity index (χ0n) is 45.0. The van der Waals surface area contributed by atoms with Gasteiger partial charge in [0.1, 0.15) is 33.4 Å². The van der Waals surface area contributed by atoms with Gasteiger partial charge in [-0.3, -0.25) is 0 Å². The number of cyclic esters (lactones) is 3. The number of aliphatic hydroxyl groups is 3. The summed E-state index contributed by atoms with van der Waals surface area (Å²) in [5, 5.41) is 32.1. The summed E-state index contributed by atoms with van der Waals surface area (Å²) in [6, 6.07) is 0. The van der Waals surface area contributed by atoms with Crippen LogP contribution >= 0.6 is 0 Å². The van der Waals surface area contributed by atoms with Crippen molar-refractivity contribution in [2.24, 2.45) is 11.8 Å². The molecule has 3 N–H and O–H groups in total. The lowest BCUT2D eigenvalue weighted by atomic mass is 9.87. The lowest BCUT2D eigenvalue weighted by molar-refractivity contribution is -0.297. The van der Waals surface area contributed by atoms with Crippen LogP contribution in [-0.4, -0.2) is 104 Å². The van der Waals surface area contributed by atoms with E-state index < -0.39 is 117 Å². The van der Waals surface area contributed by atoms with E-state index in [0.29, 0.717) is 16.7 Å². The highest BCUT2D eigenvalue weighted by Crippen LogP contribution is 2.49. The number of carbonyl (C=O) groups excluding carboxylic acids is 9. The second-order valence-corrected chi connectivity index (χ2v) is 21.7. The van der Waals surface area contributed by atoms with Gasteiger partial charge in [-0.1, -0.05) is 53.2 Å². The fourth-order valence-corrected chi connectivity index (χ4v) is 10.1. The Morgan fingerprint density at radius 3 is 0.866 bits per heavy atom. The summed E-state index contributed by atoms with van der Waals surface area (Å²) in [6.07, 6.45) is 17.4. The predicted octanol–water partition coefficient (Wildman–Crippen LogP) is 6.79. The minimum Gasteiger partial charge on any atom is -0.480 e. The zero-order valence-corrected chi connectivity index (χ0v) is 45.0. The van der Waals surface area contributed by atoms with Crippen LogP contribution in [0.2, 0.25) is 0 Å². The third kappa shape index (κ3) is 11.3. The Balaban J connectivity index is 0.691. The molecule has 3 saturated heterocycles. The minimum absolute atomic E-state index is 0.0117. The van der Waals surface area contributed by atoms with Crippen molar-refractivity contribution in [2.45, 2.75) is 146 Å². The van der Waals surface area contributed by atoms with E-state index in [-0.39, 0.29) is 85.5 Å². The van der Waals surface area contributed by atoms with Gasteiger partial charge in [0.2, 0.25) is 0 Å². The number of ether oxygens (including phenoxy) is 12. The lowest BCUT2D eigenvalue weighted by Crippen LogP contribution is -2.54. The molecule has 7 fully saturated rings. The minimum atomic E-state index is -1.74. The van der Waals surface area contributed by atoms with E-state index in [1.54, 1.807) is 34.6 Å². The summed E-state index contributed by atoms with van der Waals surface area (Å²) in [5.41, 5.74) is -0.858. The molecule has 6 aliphatic heterocycles. The molecule has 0 amide bonds. The maximum Gasteiger partial charge on any atom is 0.348 e. The number of hydrogen-bond donors (Lipinski definition) is 3. The average Bonchev–Trinajstić information content (AvgIpc) is 4.38. The molecular weight excluding hydrogens is 1080 g/mol. The summed E-state index contributed by atoms with van der Waals surface area (Å²) in [5.74, 6) is -19.9. The smallest absolute Gasteiger partial charge is 0.348 e. The van der Waals surface area contributed by atoms with Gasteiger partial charge in [0.25, 0.3) is 52.6 Å². The topological polar surface area (TPSA) is 325 Å². The molecule has 1 unspecified atom stereocenters. The number of hydrogen-bond acceptors (Lipinski definition) is 24. The molecule has 4 spiro atoms. The van der Waals surface area contributed by atoms with Crippen LogP contribution < -0.4 is 0 Å². The van der Waals surface area contributed by atoms with Crippen molar-refractivity contribution in [3.05, 3.63) is 141 Å². The van der Waals surface area contributed by atoms with E-state index in [2.05, 4.69) is 0 Å². The molecule has 0 bridgehead atoms. The molecule has 10 aliphatic rings. The Hall–Kier alpha value is -9.09. The third-order valence-corrected chi connectivity index (χ3v) is 15.4. The lowest BCUT2D eigenvalue weighted by Gasteiger charge is -2.46.